The fraction of sp³-hybridized carbons (Fsp3) is 0.174. The Morgan fingerprint density at radius 1 is 0.867 bits per heavy atom. The van der Waals surface area contributed by atoms with Crippen LogP contribution in [0.1, 0.15) is 32.6 Å². The van der Waals surface area contributed by atoms with Crippen LogP contribution < -0.4 is 10.0 Å². The lowest BCUT2D eigenvalue weighted by molar-refractivity contribution is 0.102. The normalized spacial score (nSPS) is 11.2. The van der Waals surface area contributed by atoms with Crippen LogP contribution in [0.15, 0.2) is 59.5 Å². The van der Waals surface area contributed by atoms with Crippen molar-refractivity contribution >= 4 is 38.9 Å². The van der Waals surface area contributed by atoms with Crippen LogP contribution in [0.25, 0.3) is 0 Å². The first-order chi connectivity index (χ1) is 14.1. The molecule has 0 aliphatic carbocycles. The summed E-state index contributed by atoms with van der Waals surface area (Å²) in [5, 5.41) is 3.33. The number of halogens is 1. The number of nitrogens with one attached hydrogen (secondary N) is 2. The van der Waals surface area contributed by atoms with Crippen molar-refractivity contribution in [2.75, 3.05) is 10.0 Å². The first-order valence-electron chi connectivity index (χ1n) is 9.35. The maximum Gasteiger partial charge on any atom is 0.262 e. The maximum atomic E-state index is 13.0. The predicted molar refractivity (Wildman–Crippen MR) is 122 cm³/mol. The van der Waals surface area contributed by atoms with E-state index in [0.717, 1.165) is 16.7 Å². The summed E-state index contributed by atoms with van der Waals surface area (Å²) in [5.74, 6) is -0.414. The lowest BCUT2D eigenvalue weighted by Crippen LogP contribution is -2.17. The quantitative estimate of drug-likeness (QED) is 0.537. The summed E-state index contributed by atoms with van der Waals surface area (Å²) in [6.07, 6.45) is 0. The molecule has 3 rings (SSSR count). The first-order valence-corrected chi connectivity index (χ1v) is 11.2. The fourth-order valence-corrected chi connectivity index (χ4v) is 4.48. The van der Waals surface area contributed by atoms with Gasteiger partial charge in [-0.2, -0.15) is 0 Å². The standard InChI is InChI=1S/C23H23ClN2O3S/c1-14-9-11-19(12-16(14)3)26-30(28,29)22-13-18(10-8-15(22)2)23(27)25-21-7-5-6-20(24)17(21)4/h5-13,26H,1-4H3,(H,25,27). The Bertz CT molecular complexity index is 1240. The van der Waals surface area contributed by atoms with Crippen LogP contribution in [-0.4, -0.2) is 14.3 Å². The van der Waals surface area contributed by atoms with E-state index in [4.69, 9.17) is 11.6 Å². The molecule has 0 saturated carbocycles. The third-order valence-electron chi connectivity index (χ3n) is 5.01. The number of rotatable bonds is 5. The number of anilines is 2. The van der Waals surface area contributed by atoms with Crippen LogP contribution in [0.5, 0.6) is 0 Å². The molecule has 2 N–H and O–H groups in total. The molecule has 0 bridgehead atoms. The molecule has 0 aromatic heterocycles. The zero-order valence-electron chi connectivity index (χ0n) is 17.2. The van der Waals surface area contributed by atoms with Crippen molar-refractivity contribution in [3.05, 3.63) is 87.4 Å². The van der Waals surface area contributed by atoms with Gasteiger partial charge in [0.25, 0.3) is 15.9 Å². The molecule has 0 aliphatic rings. The maximum absolute atomic E-state index is 13.0. The molecule has 0 radical (unpaired) electrons. The molecular formula is C23H23ClN2O3S. The van der Waals surface area contributed by atoms with E-state index in [9.17, 15) is 13.2 Å². The summed E-state index contributed by atoms with van der Waals surface area (Å²) < 4.78 is 28.6. The number of amides is 1. The van der Waals surface area contributed by atoms with Crippen LogP contribution in [-0.2, 0) is 10.0 Å². The van der Waals surface area contributed by atoms with E-state index < -0.39 is 15.9 Å². The Balaban J connectivity index is 1.91. The second kappa shape index (κ2) is 8.50. The summed E-state index contributed by atoms with van der Waals surface area (Å²) in [6, 6.07) is 15.2. The van der Waals surface area contributed by atoms with Crippen molar-refractivity contribution in [3.63, 3.8) is 0 Å². The Labute approximate surface area is 182 Å². The Hall–Kier alpha value is -2.83. The van der Waals surface area contributed by atoms with Crippen LogP contribution in [0.3, 0.4) is 0 Å². The molecule has 0 fully saturated rings. The molecule has 0 heterocycles. The van der Waals surface area contributed by atoms with E-state index >= 15 is 0 Å². The highest BCUT2D eigenvalue weighted by molar-refractivity contribution is 7.92. The molecule has 0 saturated heterocycles. The predicted octanol–water partition coefficient (Wildman–Crippen LogP) is 5.63. The molecule has 1 amide bonds. The van der Waals surface area contributed by atoms with E-state index in [1.807, 2.05) is 19.9 Å². The Kier molecular flexibility index (Phi) is 6.19. The van der Waals surface area contributed by atoms with E-state index in [-0.39, 0.29) is 10.5 Å². The van der Waals surface area contributed by atoms with Gasteiger partial charge in [0.15, 0.2) is 0 Å². The van der Waals surface area contributed by atoms with E-state index in [0.29, 0.717) is 22.0 Å². The fourth-order valence-electron chi connectivity index (χ4n) is 2.98. The molecule has 0 unspecified atom stereocenters. The monoisotopic (exact) mass is 442 g/mol. The minimum atomic E-state index is -3.87. The van der Waals surface area contributed by atoms with Gasteiger partial charge in [-0.1, -0.05) is 29.8 Å². The molecule has 0 aliphatic heterocycles. The molecular weight excluding hydrogens is 420 g/mol. The second-order valence-corrected chi connectivity index (χ2v) is 9.31. The van der Waals surface area contributed by atoms with Crippen LogP contribution >= 0.6 is 11.6 Å². The van der Waals surface area contributed by atoms with Crippen molar-refractivity contribution in [2.24, 2.45) is 0 Å². The number of hydrogen-bond donors (Lipinski definition) is 2. The second-order valence-electron chi connectivity index (χ2n) is 7.25. The highest BCUT2D eigenvalue weighted by atomic mass is 35.5. The van der Waals surface area contributed by atoms with Gasteiger partial charge >= 0.3 is 0 Å². The molecule has 30 heavy (non-hydrogen) atoms. The Morgan fingerprint density at radius 2 is 1.57 bits per heavy atom. The van der Waals surface area contributed by atoms with Crippen LogP contribution in [0, 0.1) is 27.7 Å². The number of carbonyl (C=O) groups is 1. The summed E-state index contributed by atoms with van der Waals surface area (Å²) in [5.41, 5.74) is 4.62. The average molecular weight is 443 g/mol. The van der Waals surface area contributed by atoms with Gasteiger partial charge in [0.05, 0.1) is 4.90 Å². The van der Waals surface area contributed by atoms with Crippen molar-refractivity contribution in [1.29, 1.82) is 0 Å². The largest absolute Gasteiger partial charge is 0.322 e. The molecule has 0 atom stereocenters. The topological polar surface area (TPSA) is 75.3 Å². The third kappa shape index (κ3) is 4.66. The summed E-state index contributed by atoms with van der Waals surface area (Å²) in [4.78, 5) is 12.8. The van der Waals surface area contributed by atoms with E-state index in [2.05, 4.69) is 10.0 Å². The molecule has 3 aromatic rings. The van der Waals surface area contributed by atoms with Crippen molar-refractivity contribution < 1.29 is 13.2 Å². The van der Waals surface area contributed by atoms with Crippen LogP contribution in [0.4, 0.5) is 11.4 Å². The molecule has 0 spiro atoms. The lowest BCUT2D eigenvalue weighted by Gasteiger charge is -2.14. The Morgan fingerprint density at radius 3 is 2.27 bits per heavy atom. The summed E-state index contributed by atoms with van der Waals surface area (Å²) in [7, 11) is -3.87. The lowest BCUT2D eigenvalue weighted by atomic mass is 10.1. The van der Waals surface area contributed by atoms with Gasteiger partial charge < -0.3 is 5.32 Å². The zero-order valence-corrected chi connectivity index (χ0v) is 18.8. The van der Waals surface area contributed by atoms with Gasteiger partial charge in [-0.25, -0.2) is 8.42 Å². The van der Waals surface area contributed by atoms with Crippen molar-refractivity contribution in [1.82, 2.24) is 0 Å². The van der Waals surface area contributed by atoms with Gasteiger partial charge in [0.2, 0.25) is 0 Å². The number of sulfonamides is 1. The number of aryl methyl sites for hydroxylation is 3. The third-order valence-corrected chi connectivity index (χ3v) is 6.95. The van der Waals surface area contributed by atoms with Crippen molar-refractivity contribution in [3.8, 4) is 0 Å². The summed E-state index contributed by atoms with van der Waals surface area (Å²) >= 11 is 6.11. The highest BCUT2D eigenvalue weighted by Gasteiger charge is 2.20. The highest BCUT2D eigenvalue weighted by Crippen LogP contribution is 2.25. The van der Waals surface area contributed by atoms with Gasteiger partial charge in [0, 0.05) is 22.0 Å². The molecule has 5 nitrogen and oxygen atoms in total. The smallest absolute Gasteiger partial charge is 0.262 e. The van der Waals surface area contributed by atoms with Gasteiger partial charge in [-0.05, 0) is 86.3 Å². The van der Waals surface area contributed by atoms with Gasteiger partial charge in [-0.3, -0.25) is 9.52 Å². The number of hydrogen-bond acceptors (Lipinski definition) is 3. The molecule has 156 valence electrons. The van der Waals surface area contributed by atoms with Gasteiger partial charge in [-0.15, -0.1) is 0 Å². The number of carbonyl (C=O) groups excluding carboxylic acids is 1. The average Bonchev–Trinajstić information content (AvgIpc) is 2.68. The zero-order chi connectivity index (χ0) is 22.1. The minimum Gasteiger partial charge on any atom is -0.322 e. The van der Waals surface area contributed by atoms with E-state index in [1.54, 1.807) is 56.3 Å². The summed E-state index contributed by atoms with van der Waals surface area (Å²) in [6.45, 7) is 7.37. The van der Waals surface area contributed by atoms with Crippen LogP contribution in [0.2, 0.25) is 5.02 Å². The SMILES string of the molecule is Cc1ccc(NS(=O)(=O)c2cc(C(=O)Nc3cccc(Cl)c3C)ccc2C)cc1C. The minimum absolute atomic E-state index is 0.0520. The van der Waals surface area contributed by atoms with Gasteiger partial charge in [0.1, 0.15) is 0 Å². The first kappa shape index (κ1) is 21.9. The van der Waals surface area contributed by atoms with Crippen molar-refractivity contribution in [2.45, 2.75) is 32.6 Å². The molecule has 7 heteroatoms. The molecule has 3 aromatic carbocycles. The number of benzene rings is 3. The van der Waals surface area contributed by atoms with E-state index in [1.165, 1.54) is 6.07 Å².